The van der Waals surface area contributed by atoms with Gasteiger partial charge in [0.1, 0.15) is 5.75 Å². The molecule has 0 saturated carbocycles. The van der Waals surface area contributed by atoms with Crippen LogP contribution in [0.3, 0.4) is 0 Å². The maximum absolute atomic E-state index is 9.31. The number of hydrogen-bond acceptors (Lipinski definition) is 2. The Morgan fingerprint density at radius 2 is 2.15 bits per heavy atom. The molecule has 0 fully saturated rings. The van der Waals surface area contributed by atoms with E-state index in [0.717, 1.165) is 11.3 Å². The molecule has 1 rings (SSSR count). The molecular formula is C11H16OS. The van der Waals surface area contributed by atoms with Crippen LogP contribution in [-0.2, 0) is 5.75 Å². The zero-order valence-electron chi connectivity index (χ0n) is 8.21. The first-order chi connectivity index (χ1) is 6.24. The van der Waals surface area contributed by atoms with Crippen LogP contribution in [0.25, 0.3) is 0 Å². The highest BCUT2D eigenvalue weighted by Crippen LogP contribution is 2.20. The zero-order valence-corrected chi connectivity index (χ0v) is 9.03. The molecule has 0 aliphatic heterocycles. The summed E-state index contributed by atoms with van der Waals surface area (Å²) in [6, 6.07) is 5.82. The van der Waals surface area contributed by atoms with E-state index in [1.54, 1.807) is 6.07 Å². The minimum atomic E-state index is 0.393. The third kappa shape index (κ3) is 3.31. The van der Waals surface area contributed by atoms with Crippen LogP contribution < -0.4 is 0 Å². The molecule has 0 aromatic heterocycles. The van der Waals surface area contributed by atoms with Gasteiger partial charge in [0.2, 0.25) is 0 Å². The molecule has 1 aromatic rings. The van der Waals surface area contributed by atoms with Gasteiger partial charge in [-0.2, -0.15) is 11.8 Å². The highest BCUT2D eigenvalue weighted by molar-refractivity contribution is 7.98. The van der Waals surface area contributed by atoms with Gasteiger partial charge in [0.25, 0.3) is 0 Å². The third-order valence-electron chi connectivity index (χ3n) is 1.88. The molecule has 0 aliphatic rings. The Balaban J connectivity index is 2.53. The second kappa shape index (κ2) is 5.18. The van der Waals surface area contributed by atoms with E-state index in [0.29, 0.717) is 5.75 Å². The Bertz CT molecular complexity index is 271. The topological polar surface area (TPSA) is 20.2 Å². The smallest absolute Gasteiger partial charge is 0.118 e. The predicted molar refractivity (Wildman–Crippen MR) is 59.3 cm³/mol. The van der Waals surface area contributed by atoms with Crippen molar-refractivity contribution in [3.63, 3.8) is 0 Å². The lowest BCUT2D eigenvalue weighted by Gasteiger charge is -2.03. The molecule has 0 heterocycles. The van der Waals surface area contributed by atoms with Crippen molar-refractivity contribution in [1.82, 2.24) is 0 Å². The molecule has 2 heteroatoms. The Labute approximate surface area is 84.2 Å². The van der Waals surface area contributed by atoms with Crippen molar-refractivity contribution >= 4 is 11.8 Å². The SMILES string of the molecule is CCCSCc1ccc(O)c(C)c1. The van der Waals surface area contributed by atoms with Crippen LogP contribution in [0.2, 0.25) is 0 Å². The molecule has 13 heavy (non-hydrogen) atoms. The molecule has 0 radical (unpaired) electrons. The summed E-state index contributed by atoms with van der Waals surface area (Å²) in [6.07, 6.45) is 1.22. The van der Waals surface area contributed by atoms with Crippen molar-refractivity contribution in [2.75, 3.05) is 5.75 Å². The van der Waals surface area contributed by atoms with Crippen molar-refractivity contribution in [2.24, 2.45) is 0 Å². The number of aryl methyl sites for hydroxylation is 1. The van der Waals surface area contributed by atoms with E-state index in [1.165, 1.54) is 17.7 Å². The molecule has 1 nitrogen and oxygen atoms in total. The van der Waals surface area contributed by atoms with Crippen LogP contribution in [0.1, 0.15) is 24.5 Å². The Hall–Kier alpha value is -0.630. The average Bonchev–Trinajstić information content (AvgIpc) is 2.12. The third-order valence-corrected chi connectivity index (χ3v) is 3.11. The van der Waals surface area contributed by atoms with Gasteiger partial charge in [-0.25, -0.2) is 0 Å². The summed E-state index contributed by atoms with van der Waals surface area (Å²) in [7, 11) is 0. The predicted octanol–water partition coefficient (Wildman–Crippen LogP) is 3.34. The van der Waals surface area contributed by atoms with E-state index >= 15 is 0 Å². The Morgan fingerprint density at radius 3 is 2.77 bits per heavy atom. The lowest BCUT2D eigenvalue weighted by Crippen LogP contribution is -1.84. The minimum absolute atomic E-state index is 0.393. The molecule has 1 N–H and O–H groups in total. The lowest BCUT2D eigenvalue weighted by molar-refractivity contribution is 0.471. The number of rotatable bonds is 4. The zero-order chi connectivity index (χ0) is 9.68. The van der Waals surface area contributed by atoms with E-state index in [1.807, 2.05) is 24.8 Å². The standard InChI is InChI=1S/C11H16OS/c1-3-6-13-8-10-4-5-11(12)9(2)7-10/h4-5,7,12H,3,6,8H2,1-2H3. The Morgan fingerprint density at radius 1 is 1.38 bits per heavy atom. The summed E-state index contributed by atoms with van der Waals surface area (Å²) in [4.78, 5) is 0. The first-order valence-corrected chi connectivity index (χ1v) is 5.75. The van der Waals surface area contributed by atoms with E-state index in [4.69, 9.17) is 0 Å². The van der Waals surface area contributed by atoms with Gasteiger partial charge in [0.15, 0.2) is 0 Å². The first-order valence-electron chi connectivity index (χ1n) is 4.60. The van der Waals surface area contributed by atoms with Gasteiger partial charge in [-0.1, -0.05) is 19.1 Å². The molecule has 0 saturated heterocycles. The highest BCUT2D eigenvalue weighted by atomic mass is 32.2. The fraction of sp³-hybridized carbons (Fsp3) is 0.455. The lowest BCUT2D eigenvalue weighted by atomic mass is 10.1. The van der Waals surface area contributed by atoms with Crippen molar-refractivity contribution in [1.29, 1.82) is 0 Å². The number of phenols is 1. The maximum atomic E-state index is 9.31. The van der Waals surface area contributed by atoms with Gasteiger partial charge in [-0.05, 0) is 36.3 Å². The molecule has 0 unspecified atom stereocenters. The quantitative estimate of drug-likeness (QED) is 0.745. The normalized spacial score (nSPS) is 10.3. The van der Waals surface area contributed by atoms with E-state index in [9.17, 15) is 5.11 Å². The Kier molecular flexibility index (Phi) is 4.16. The van der Waals surface area contributed by atoms with Gasteiger partial charge < -0.3 is 5.11 Å². The summed E-state index contributed by atoms with van der Waals surface area (Å²) < 4.78 is 0. The second-order valence-electron chi connectivity index (χ2n) is 3.17. The largest absolute Gasteiger partial charge is 0.508 e. The number of benzene rings is 1. The molecule has 0 atom stereocenters. The summed E-state index contributed by atoms with van der Waals surface area (Å²) in [5.74, 6) is 2.65. The van der Waals surface area contributed by atoms with Crippen LogP contribution >= 0.6 is 11.8 Å². The van der Waals surface area contributed by atoms with Crippen LogP contribution in [0, 0.1) is 6.92 Å². The number of phenolic OH excluding ortho intramolecular Hbond substituents is 1. The molecule has 72 valence electrons. The average molecular weight is 196 g/mol. The maximum Gasteiger partial charge on any atom is 0.118 e. The van der Waals surface area contributed by atoms with Gasteiger partial charge in [0, 0.05) is 5.75 Å². The first kappa shape index (κ1) is 10.5. The summed E-state index contributed by atoms with van der Waals surface area (Å²) in [5.41, 5.74) is 2.27. The number of aromatic hydroxyl groups is 1. The summed E-state index contributed by atoms with van der Waals surface area (Å²) >= 11 is 1.94. The van der Waals surface area contributed by atoms with Crippen LogP contribution in [-0.4, -0.2) is 10.9 Å². The van der Waals surface area contributed by atoms with E-state index in [-0.39, 0.29) is 0 Å². The van der Waals surface area contributed by atoms with Crippen molar-refractivity contribution in [2.45, 2.75) is 26.0 Å². The number of thioether (sulfide) groups is 1. The molecule has 0 aliphatic carbocycles. The fourth-order valence-electron chi connectivity index (χ4n) is 1.14. The monoisotopic (exact) mass is 196 g/mol. The highest BCUT2D eigenvalue weighted by Gasteiger charge is 1.97. The van der Waals surface area contributed by atoms with Gasteiger partial charge in [-0.15, -0.1) is 0 Å². The fourth-order valence-corrected chi connectivity index (χ4v) is 1.99. The van der Waals surface area contributed by atoms with Crippen molar-refractivity contribution < 1.29 is 5.11 Å². The number of hydrogen-bond donors (Lipinski definition) is 1. The van der Waals surface area contributed by atoms with Crippen LogP contribution in [0.5, 0.6) is 5.75 Å². The van der Waals surface area contributed by atoms with Gasteiger partial charge in [-0.3, -0.25) is 0 Å². The molecule has 0 amide bonds. The van der Waals surface area contributed by atoms with E-state index < -0.39 is 0 Å². The summed E-state index contributed by atoms with van der Waals surface area (Å²) in [6.45, 7) is 4.12. The summed E-state index contributed by atoms with van der Waals surface area (Å²) in [5, 5.41) is 9.31. The molecular weight excluding hydrogens is 180 g/mol. The molecule has 0 bridgehead atoms. The van der Waals surface area contributed by atoms with Gasteiger partial charge >= 0.3 is 0 Å². The minimum Gasteiger partial charge on any atom is -0.508 e. The van der Waals surface area contributed by atoms with Crippen LogP contribution in [0.15, 0.2) is 18.2 Å². The second-order valence-corrected chi connectivity index (χ2v) is 4.28. The molecule has 1 aromatic carbocycles. The van der Waals surface area contributed by atoms with Gasteiger partial charge in [0.05, 0.1) is 0 Å². The van der Waals surface area contributed by atoms with E-state index in [2.05, 4.69) is 13.0 Å². The van der Waals surface area contributed by atoms with Crippen LogP contribution in [0.4, 0.5) is 0 Å². The van der Waals surface area contributed by atoms with Crippen molar-refractivity contribution in [3.05, 3.63) is 29.3 Å². The van der Waals surface area contributed by atoms with Crippen molar-refractivity contribution in [3.8, 4) is 5.75 Å². The molecule has 0 spiro atoms.